The molecule has 1 heterocycles. The smallest absolute Gasteiger partial charge is 0.435 e. The van der Waals surface area contributed by atoms with Gasteiger partial charge < -0.3 is 14.9 Å². The van der Waals surface area contributed by atoms with E-state index in [1.54, 1.807) is 0 Å². The normalized spacial score (nSPS) is 12.1. The number of imidazole rings is 1. The van der Waals surface area contributed by atoms with Crippen molar-refractivity contribution in [1.82, 2.24) is 9.55 Å². The van der Waals surface area contributed by atoms with Crippen molar-refractivity contribution in [1.29, 1.82) is 0 Å². The topological polar surface area (TPSA) is 87.3 Å². The molecule has 0 spiro atoms. The number of rotatable bonds is 3. The second-order valence-corrected chi connectivity index (χ2v) is 2.59. The van der Waals surface area contributed by atoms with Gasteiger partial charge in [0.15, 0.2) is 6.04 Å². The fourth-order valence-electron chi connectivity index (χ4n) is 1.03. The monoisotopic (exact) mass is 199 g/mol. The first kappa shape index (κ1) is 10.2. The molecule has 1 aromatic heterocycles. The molecule has 1 atom stereocenters. The molecule has 0 fully saturated rings. The van der Waals surface area contributed by atoms with Crippen LogP contribution >= 0.6 is 0 Å². The Kier molecular flexibility index (Phi) is 2.80. The molecule has 0 amide bonds. The molecular formula is C7H9N3O4. The van der Waals surface area contributed by atoms with Crippen LogP contribution in [0.2, 0.25) is 0 Å². The average molecular weight is 199 g/mol. The van der Waals surface area contributed by atoms with E-state index in [4.69, 9.17) is 0 Å². The predicted octanol–water partition coefficient (Wildman–Crippen LogP) is 0.525. The highest BCUT2D eigenvalue weighted by Gasteiger charge is 2.25. The van der Waals surface area contributed by atoms with Gasteiger partial charge in [0.2, 0.25) is 0 Å². The summed E-state index contributed by atoms with van der Waals surface area (Å²) in [6.45, 7) is 1.50. The van der Waals surface area contributed by atoms with E-state index in [0.29, 0.717) is 0 Å². The van der Waals surface area contributed by atoms with Gasteiger partial charge in [0, 0.05) is 0 Å². The minimum Gasteiger partial charge on any atom is -0.466 e. The molecule has 0 saturated carbocycles. The Morgan fingerprint density at radius 2 is 2.43 bits per heavy atom. The van der Waals surface area contributed by atoms with Crippen LogP contribution in [0.1, 0.15) is 13.0 Å². The number of nitrogens with zero attached hydrogens (tertiary/aromatic N) is 3. The molecule has 1 unspecified atom stereocenters. The lowest BCUT2D eigenvalue weighted by Crippen LogP contribution is -2.18. The highest BCUT2D eigenvalue weighted by atomic mass is 16.6. The Labute approximate surface area is 79.5 Å². The van der Waals surface area contributed by atoms with Crippen LogP contribution in [0.3, 0.4) is 0 Å². The quantitative estimate of drug-likeness (QED) is 0.402. The Balaban J connectivity index is 3.00. The maximum absolute atomic E-state index is 11.1. The van der Waals surface area contributed by atoms with E-state index < -0.39 is 16.9 Å². The molecule has 14 heavy (non-hydrogen) atoms. The number of methoxy groups -OCH3 is 1. The molecule has 1 aromatic rings. The van der Waals surface area contributed by atoms with E-state index >= 15 is 0 Å². The minimum atomic E-state index is -0.747. The lowest BCUT2D eigenvalue weighted by Gasteiger charge is -2.07. The largest absolute Gasteiger partial charge is 0.466 e. The zero-order valence-corrected chi connectivity index (χ0v) is 7.71. The summed E-state index contributed by atoms with van der Waals surface area (Å²) in [6, 6.07) is -0.747. The Morgan fingerprint density at radius 3 is 2.93 bits per heavy atom. The van der Waals surface area contributed by atoms with E-state index in [1.165, 1.54) is 26.4 Å². The van der Waals surface area contributed by atoms with Crippen LogP contribution in [-0.2, 0) is 9.53 Å². The number of ether oxygens (including phenoxy) is 1. The summed E-state index contributed by atoms with van der Waals surface area (Å²) in [5.41, 5.74) is 0. The highest BCUT2D eigenvalue weighted by molar-refractivity contribution is 5.73. The number of carbonyl (C=O) groups is 1. The summed E-state index contributed by atoms with van der Waals surface area (Å²) in [6.07, 6.45) is 2.62. The van der Waals surface area contributed by atoms with Crippen molar-refractivity contribution in [3.8, 4) is 0 Å². The van der Waals surface area contributed by atoms with Crippen LogP contribution in [0.15, 0.2) is 12.4 Å². The Bertz CT molecular complexity index is 360. The second-order valence-electron chi connectivity index (χ2n) is 2.59. The number of hydrogen-bond acceptors (Lipinski definition) is 5. The molecule has 1 rings (SSSR count). The molecule has 0 radical (unpaired) electrons. The highest BCUT2D eigenvalue weighted by Crippen LogP contribution is 2.15. The first-order chi connectivity index (χ1) is 6.57. The van der Waals surface area contributed by atoms with Crippen molar-refractivity contribution < 1.29 is 14.5 Å². The molecule has 0 aliphatic rings. The lowest BCUT2D eigenvalue weighted by atomic mass is 10.3. The Morgan fingerprint density at radius 1 is 1.79 bits per heavy atom. The van der Waals surface area contributed by atoms with Gasteiger partial charge in [-0.15, -0.1) is 0 Å². The third-order valence-electron chi connectivity index (χ3n) is 1.77. The molecule has 7 nitrogen and oxygen atoms in total. The third kappa shape index (κ3) is 1.70. The van der Waals surface area contributed by atoms with Crippen LogP contribution in [0.4, 0.5) is 5.95 Å². The maximum Gasteiger partial charge on any atom is 0.435 e. The van der Waals surface area contributed by atoms with Crippen molar-refractivity contribution in [2.24, 2.45) is 0 Å². The van der Waals surface area contributed by atoms with Gasteiger partial charge in [-0.3, -0.25) is 0 Å². The molecule has 0 saturated heterocycles. The summed E-state index contributed by atoms with van der Waals surface area (Å²) >= 11 is 0. The third-order valence-corrected chi connectivity index (χ3v) is 1.77. The maximum atomic E-state index is 11.1. The first-order valence-electron chi connectivity index (χ1n) is 3.83. The van der Waals surface area contributed by atoms with E-state index in [2.05, 4.69) is 9.72 Å². The van der Waals surface area contributed by atoms with E-state index in [9.17, 15) is 14.9 Å². The number of esters is 1. The van der Waals surface area contributed by atoms with Crippen LogP contribution in [0.25, 0.3) is 0 Å². The molecule has 0 bridgehead atoms. The summed E-state index contributed by atoms with van der Waals surface area (Å²) in [5, 5.41) is 10.5. The first-order valence-corrected chi connectivity index (χ1v) is 3.83. The van der Waals surface area contributed by atoms with Crippen molar-refractivity contribution >= 4 is 11.9 Å². The number of hydrogen-bond donors (Lipinski definition) is 0. The zero-order chi connectivity index (χ0) is 10.7. The number of nitro groups is 1. The van der Waals surface area contributed by atoms with Gasteiger partial charge in [0.05, 0.1) is 7.11 Å². The second kappa shape index (κ2) is 3.86. The van der Waals surface area contributed by atoms with E-state index in [1.807, 2.05) is 0 Å². The fraction of sp³-hybridized carbons (Fsp3) is 0.429. The van der Waals surface area contributed by atoms with Crippen LogP contribution in [0.5, 0.6) is 0 Å². The fourth-order valence-corrected chi connectivity index (χ4v) is 1.03. The summed E-state index contributed by atoms with van der Waals surface area (Å²) in [4.78, 5) is 24.4. The van der Waals surface area contributed by atoms with Gasteiger partial charge in [-0.1, -0.05) is 4.98 Å². The minimum absolute atomic E-state index is 0.372. The van der Waals surface area contributed by atoms with Gasteiger partial charge in [0.25, 0.3) is 0 Å². The average Bonchev–Trinajstić information content (AvgIpc) is 2.63. The molecule has 76 valence electrons. The molecule has 0 aliphatic heterocycles. The zero-order valence-electron chi connectivity index (χ0n) is 7.71. The van der Waals surface area contributed by atoms with Crippen molar-refractivity contribution in [3.05, 3.63) is 22.5 Å². The van der Waals surface area contributed by atoms with Crippen molar-refractivity contribution in [2.75, 3.05) is 7.11 Å². The lowest BCUT2D eigenvalue weighted by molar-refractivity contribution is -0.397. The molecule has 0 aliphatic carbocycles. The molecule has 0 aromatic carbocycles. The van der Waals surface area contributed by atoms with Gasteiger partial charge in [-0.25, -0.2) is 9.36 Å². The Hall–Kier alpha value is -1.92. The van der Waals surface area contributed by atoms with Crippen molar-refractivity contribution in [3.63, 3.8) is 0 Å². The molecule has 0 N–H and O–H groups in total. The van der Waals surface area contributed by atoms with Crippen molar-refractivity contribution in [2.45, 2.75) is 13.0 Å². The molecular weight excluding hydrogens is 190 g/mol. The van der Waals surface area contributed by atoms with Gasteiger partial charge >= 0.3 is 11.9 Å². The van der Waals surface area contributed by atoms with E-state index in [0.717, 1.165) is 4.57 Å². The van der Waals surface area contributed by atoms with Gasteiger partial charge in [0.1, 0.15) is 12.4 Å². The predicted molar refractivity (Wildman–Crippen MR) is 45.6 cm³/mol. The summed E-state index contributed by atoms with van der Waals surface area (Å²) in [7, 11) is 1.22. The van der Waals surface area contributed by atoms with Gasteiger partial charge in [-0.2, -0.15) is 0 Å². The van der Waals surface area contributed by atoms with E-state index in [-0.39, 0.29) is 5.95 Å². The molecule has 7 heteroatoms. The van der Waals surface area contributed by atoms with Gasteiger partial charge in [-0.05, 0) is 11.8 Å². The van der Waals surface area contributed by atoms with Crippen LogP contribution in [-0.4, -0.2) is 27.6 Å². The van der Waals surface area contributed by atoms with Crippen LogP contribution in [0, 0.1) is 10.1 Å². The number of aromatic nitrogens is 2. The standard InChI is InChI=1S/C7H9N3O4/c1-5(6(11)14-2)9-4-3-8-7(9)10(12)13/h3-5H,1-2H3. The van der Waals surface area contributed by atoms with Crippen LogP contribution < -0.4 is 0 Å². The number of carbonyl (C=O) groups excluding carboxylic acids is 1. The SMILES string of the molecule is COC(=O)C(C)n1ccnc1[N+](=O)[O-]. The summed E-state index contributed by atoms with van der Waals surface area (Å²) in [5.74, 6) is -0.922. The summed E-state index contributed by atoms with van der Waals surface area (Å²) < 4.78 is 5.61.